The van der Waals surface area contributed by atoms with Gasteiger partial charge in [0.05, 0.1) is 32.6 Å². The minimum Gasteiger partial charge on any atom is -0.493 e. The van der Waals surface area contributed by atoms with Gasteiger partial charge in [-0.2, -0.15) is 0 Å². The smallest absolute Gasteiger partial charge is 0.259 e. The van der Waals surface area contributed by atoms with Gasteiger partial charge in [-0.1, -0.05) is 58.4 Å². The molecule has 8 heteroatoms. The lowest BCUT2D eigenvalue weighted by molar-refractivity contribution is -0.135. The Hall–Kier alpha value is -3.78. The predicted octanol–water partition coefficient (Wildman–Crippen LogP) is 5.72. The predicted molar refractivity (Wildman–Crippen MR) is 152 cm³/mol. The highest BCUT2D eigenvalue weighted by molar-refractivity contribution is 9.10. The number of halogens is 1. The summed E-state index contributed by atoms with van der Waals surface area (Å²) in [5, 5.41) is 3.12. The molecular formula is C30H31BrN2O5. The van der Waals surface area contributed by atoms with E-state index in [1.807, 2.05) is 75.4 Å². The third-order valence-electron chi connectivity index (χ3n) is 6.26. The molecule has 0 aliphatic carbocycles. The Morgan fingerprint density at radius 3 is 2.00 bits per heavy atom. The van der Waals surface area contributed by atoms with Gasteiger partial charge in [0, 0.05) is 22.1 Å². The number of β-lactam (4-membered cyclic amide) rings is 1. The van der Waals surface area contributed by atoms with Gasteiger partial charge in [0.25, 0.3) is 11.8 Å². The van der Waals surface area contributed by atoms with Crippen molar-refractivity contribution in [1.29, 1.82) is 0 Å². The third-order valence-corrected chi connectivity index (χ3v) is 6.78. The number of carbonyl (C=O) groups is 2. The summed E-state index contributed by atoms with van der Waals surface area (Å²) in [5.41, 5.74) is 0.203. The lowest BCUT2D eigenvalue weighted by Crippen LogP contribution is -2.71. The number of nitrogens with one attached hydrogen (secondary N) is 1. The van der Waals surface area contributed by atoms with Crippen molar-refractivity contribution in [1.82, 2.24) is 5.32 Å². The maximum Gasteiger partial charge on any atom is 0.259 e. The molecule has 1 N–H and O–H groups in total. The van der Waals surface area contributed by atoms with Gasteiger partial charge in [-0.25, -0.2) is 0 Å². The lowest BCUT2D eigenvalue weighted by atomic mass is 9.70. The van der Waals surface area contributed by atoms with Crippen LogP contribution in [0.1, 0.15) is 31.9 Å². The number of methoxy groups -OCH3 is 3. The average molecular weight is 579 g/mol. The molecule has 1 fully saturated rings. The second kappa shape index (κ2) is 10.5. The van der Waals surface area contributed by atoms with Crippen LogP contribution in [0.25, 0.3) is 6.08 Å². The van der Waals surface area contributed by atoms with Gasteiger partial charge in [-0.15, -0.1) is 0 Å². The van der Waals surface area contributed by atoms with E-state index in [1.54, 1.807) is 18.2 Å². The molecule has 2 amide bonds. The minimum atomic E-state index is -1.47. The molecule has 0 bridgehead atoms. The molecule has 3 aromatic rings. The molecule has 1 heterocycles. The molecule has 7 nitrogen and oxygen atoms in total. The zero-order valence-corrected chi connectivity index (χ0v) is 23.9. The number of hydrogen-bond donors (Lipinski definition) is 1. The molecule has 1 aliphatic heterocycles. The normalized spacial score (nSPS) is 18.1. The molecule has 0 spiro atoms. The third kappa shape index (κ3) is 4.76. The maximum atomic E-state index is 14.4. The first-order valence-corrected chi connectivity index (χ1v) is 12.9. The summed E-state index contributed by atoms with van der Waals surface area (Å²) in [6.45, 7) is 5.72. The Morgan fingerprint density at radius 1 is 0.921 bits per heavy atom. The summed E-state index contributed by atoms with van der Waals surface area (Å²) < 4.78 is 17.5. The van der Waals surface area contributed by atoms with E-state index in [1.165, 1.54) is 26.2 Å². The largest absolute Gasteiger partial charge is 0.493 e. The summed E-state index contributed by atoms with van der Waals surface area (Å²) in [5.74, 6) is 0.491. The fourth-order valence-corrected chi connectivity index (χ4v) is 4.91. The maximum absolute atomic E-state index is 14.4. The van der Waals surface area contributed by atoms with Crippen LogP contribution in [0.4, 0.5) is 5.69 Å². The summed E-state index contributed by atoms with van der Waals surface area (Å²) in [6.07, 6.45) is 1.78. The molecule has 4 rings (SSSR count). The zero-order chi connectivity index (χ0) is 27.7. The minimum absolute atomic E-state index is 0.310. The molecular weight excluding hydrogens is 548 g/mol. The van der Waals surface area contributed by atoms with E-state index < -0.39 is 11.1 Å². The lowest BCUT2D eigenvalue weighted by Gasteiger charge is -2.53. The van der Waals surface area contributed by atoms with Crippen LogP contribution in [0.5, 0.6) is 17.2 Å². The Kier molecular flexibility index (Phi) is 7.56. The summed E-state index contributed by atoms with van der Waals surface area (Å²) in [4.78, 5) is 29.9. The van der Waals surface area contributed by atoms with Crippen LogP contribution in [0, 0.1) is 0 Å². The summed E-state index contributed by atoms with van der Waals surface area (Å²) >= 11 is 3.49. The number of amides is 2. The van der Waals surface area contributed by atoms with Gasteiger partial charge in [-0.3, -0.25) is 14.5 Å². The number of benzene rings is 3. The topological polar surface area (TPSA) is 77.1 Å². The fraction of sp³-hybridized carbons (Fsp3) is 0.267. The van der Waals surface area contributed by atoms with E-state index in [0.717, 1.165) is 10.0 Å². The van der Waals surface area contributed by atoms with Crippen LogP contribution in [0.2, 0.25) is 0 Å². The highest BCUT2D eigenvalue weighted by Gasteiger charge is 2.63. The molecule has 0 saturated carbocycles. The van der Waals surface area contributed by atoms with Crippen LogP contribution >= 0.6 is 15.9 Å². The average Bonchev–Trinajstić information content (AvgIpc) is 2.89. The standard InChI is InChI=1S/C30H31BrN2O5/c1-29(2,3)32-28(35)30(20-12-14-21(31)15-13-20)23(16-19-10-8-7-9-11-19)27(34)33(30)22-17-24(36-4)26(38-6)25(18-22)37-5/h7-18H,1-6H3,(H,32,35)/b23-16+. The van der Waals surface area contributed by atoms with E-state index in [0.29, 0.717) is 34.1 Å². The second-order valence-electron chi connectivity index (χ2n) is 9.91. The molecule has 1 unspecified atom stereocenters. The highest BCUT2D eigenvalue weighted by Crippen LogP contribution is 2.53. The van der Waals surface area contributed by atoms with Gasteiger partial charge in [0.15, 0.2) is 17.0 Å². The molecule has 38 heavy (non-hydrogen) atoms. The van der Waals surface area contributed by atoms with Gasteiger partial charge in [-0.05, 0) is 50.1 Å². The number of rotatable bonds is 7. The Morgan fingerprint density at radius 2 is 1.50 bits per heavy atom. The SMILES string of the molecule is COc1cc(N2C(=O)/C(=C\c3ccccc3)C2(C(=O)NC(C)(C)C)c2ccc(Br)cc2)cc(OC)c1OC. The van der Waals surface area contributed by atoms with Crippen molar-refractivity contribution in [3.63, 3.8) is 0 Å². The van der Waals surface area contributed by atoms with Crippen LogP contribution in [0.3, 0.4) is 0 Å². The first-order valence-electron chi connectivity index (χ1n) is 12.1. The first kappa shape index (κ1) is 27.3. The molecule has 1 aliphatic rings. The molecule has 1 saturated heterocycles. The molecule has 1 atom stereocenters. The van der Waals surface area contributed by atoms with Crippen LogP contribution < -0.4 is 24.4 Å². The number of ether oxygens (including phenoxy) is 3. The molecule has 3 aromatic carbocycles. The number of nitrogens with zero attached hydrogens (tertiary/aromatic N) is 1. The monoisotopic (exact) mass is 578 g/mol. The number of hydrogen-bond acceptors (Lipinski definition) is 5. The second-order valence-corrected chi connectivity index (χ2v) is 10.8. The molecule has 0 radical (unpaired) electrons. The Labute approximate surface area is 231 Å². The van der Waals surface area contributed by atoms with Gasteiger partial charge >= 0.3 is 0 Å². The van der Waals surface area contributed by atoms with Crippen molar-refractivity contribution < 1.29 is 23.8 Å². The van der Waals surface area contributed by atoms with Gasteiger partial charge in [0.1, 0.15) is 0 Å². The fourth-order valence-electron chi connectivity index (χ4n) is 4.65. The van der Waals surface area contributed by atoms with E-state index >= 15 is 0 Å². The van der Waals surface area contributed by atoms with E-state index in [2.05, 4.69) is 21.2 Å². The van der Waals surface area contributed by atoms with Crippen LogP contribution in [-0.2, 0) is 15.1 Å². The summed E-state index contributed by atoms with van der Waals surface area (Å²) in [6, 6.07) is 20.3. The zero-order valence-electron chi connectivity index (χ0n) is 22.3. The molecule has 0 aromatic heterocycles. The van der Waals surface area contributed by atoms with Gasteiger partial charge < -0.3 is 19.5 Å². The first-order chi connectivity index (χ1) is 18.1. The Bertz CT molecular complexity index is 1350. The van der Waals surface area contributed by atoms with Crippen molar-refractivity contribution >= 4 is 39.5 Å². The van der Waals surface area contributed by atoms with Crippen molar-refractivity contribution in [3.8, 4) is 17.2 Å². The number of carbonyl (C=O) groups excluding carboxylic acids is 2. The van der Waals surface area contributed by atoms with E-state index in [4.69, 9.17) is 14.2 Å². The Balaban J connectivity index is 2.04. The van der Waals surface area contributed by atoms with E-state index in [9.17, 15) is 9.59 Å². The van der Waals surface area contributed by atoms with Crippen LogP contribution in [-0.4, -0.2) is 38.7 Å². The highest BCUT2D eigenvalue weighted by atomic mass is 79.9. The van der Waals surface area contributed by atoms with Crippen molar-refractivity contribution in [3.05, 3.63) is 87.9 Å². The van der Waals surface area contributed by atoms with Crippen LogP contribution in [0.15, 0.2) is 76.8 Å². The molecule has 198 valence electrons. The number of anilines is 1. The van der Waals surface area contributed by atoms with E-state index in [-0.39, 0.29) is 11.8 Å². The summed E-state index contributed by atoms with van der Waals surface area (Å²) in [7, 11) is 4.53. The van der Waals surface area contributed by atoms with Crippen molar-refractivity contribution in [2.75, 3.05) is 26.2 Å². The van der Waals surface area contributed by atoms with Crippen molar-refractivity contribution in [2.45, 2.75) is 31.8 Å². The van der Waals surface area contributed by atoms with Gasteiger partial charge in [0.2, 0.25) is 5.75 Å². The quantitative estimate of drug-likeness (QED) is 0.287. The van der Waals surface area contributed by atoms with Crippen molar-refractivity contribution in [2.24, 2.45) is 0 Å².